The van der Waals surface area contributed by atoms with Crippen LogP contribution in [0, 0.1) is 0 Å². The zero-order valence-corrected chi connectivity index (χ0v) is 12.9. The summed E-state index contributed by atoms with van der Waals surface area (Å²) in [7, 11) is -3.70. The maximum atomic E-state index is 10.7. The van der Waals surface area contributed by atoms with Crippen molar-refractivity contribution in [3.63, 3.8) is 0 Å². The molecule has 2 aromatic rings. The molecule has 1 aliphatic heterocycles. The van der Waals surface area contributed by atoms with Gasteiger partial charge in [-0.2, -0.15) is 21.6 Å². The van der Waals surface area contributed by atoms with Crippen molar-refractivity contribution in [2.45, 2.75) is 11.9 Å². The Labute approximate surface area is 131 Å². The Hall–Kier alpha value is -2.06. The van der Waals surface area contributed by atoms with Crippen molar-refractivity contribution in [1.29, 1.82) is 0 Å². The predicted octanol–water partition coefficient (Wildman–Crippen LogP) is 3.75. The first kappa shape index (κ1) is 17.3. The molecule has 23 heavy (non-hydrogen) atoms. The number of hydrogen-bond acceptors (Lipinski definition) is 3. The molecule has 0 amide bonds. The topological polar surface area (TPSA) is 57.6 Å². The van der Waals surface area contributed by atoms with Crippen molar-refractivity contribution in [1.82, 2.24) is 0 Å². The molecule has 0 unspecified atom stereocenters. The van der Waals surface area contributed by atoms with Gasteiger partial charge in [-0.05, 0) is 23.3 Å². The van der Waals surface area contributed by atoms with E-state index in [1.807, 2.05) is 0 Å². The smallest absolute Gasteiger partial charge is 0.344 e. The largest absolute Gasteiger partial charge is 0.522 e. The van der Waals surface area contributed by atoms with E-state index in [0.717, 1.165) is 6.42 Å². The Balaban J connectivity index is 0.000000207. The molecule has 2 aromatic carbocycles. The van der Waals surface area contributed by atoms with Crippen LogP contribution in [-0.4, -0.2) is 25.5 Å². The van der Waals surface area contributed by atoms with Gasteiger partial charge in [-0.15, -0.1) is 0 Å². The molecular weight excluding hydrogens is 331 g/mol. The van der Waals surface area contributed by atoms with Crippen LogP contribution in [-0.2, 0) is 16.5 Å². The summed E-state index contributed by atoms with van der Waals surface area (Å²) in [6.45, 7) is 0. The Kier molecular flexibility index (Phi) is 4.67. The predicted molar refractivity (Wildman–Crippen MR) is 81.4 cm³/mol. The van der Waals surface area contributed by atoms with E-state index < -0.39 is 15.6 Å². The van der Waals surface area contributed by atoms with E-state index in [4.69, 9.17) is 13.0 Å². The summed E-state index contributed by atoms with van der Waals surface area (Å²) in [5.74, 6) is 0. The third-order valence-corrected chi connectivity index (χ3v) is 3.96. The van der Waals surface area contributed by atoms with E-state index in [1.54, 1.807) is 0 Å². The lowest BCUT2D eigenvalue weighted by Crippen LogP contribution is -2.21. The average molecular weight is 345 g/mol. The van der Waals surface area contributed by atoms with Crippen LogP contribution in [0.2, 0.25) is 0 Å². The minimum absolute atomic E-state index is 1.05. The standard InChI is InChI=1S/C14H13N.CHF3O3S/c1-15-13-8-4-2-6-11(13)10-12-7-3-5-9-14(12)15;2-1(3,4)8(5,6)7/h2-9H,10H2,1H3;(H,5,6,7). The maximum Gasteiger partial charge on any atom is 0.522 e. The zero-order chi connectivity index (χ0) is 17.3. The summed E-state index contributed by atoms with van der Waals surface area (Å²) < 4.78 is 57.5. The van der Waals surface area contributed by atoms with Gasteiger partial charge >= 0.3 is 15.6 Å². The highest BCUT2D eigenvalue weighted by molar-refractivity contribution is 7.86. The van der Waals surface area contributed by atoms with Crippen molar-refractivity contribution in [2.75, 3.05) is 11.9 Å². The third-order valence-electron chi connectivity index (χ3n) is 3.38. The van der Waals surface area contributed by atoms with Crippen LogP contribution in [0.15, 0.2) is 48.5 Å². The highest BCUT2D eigenvalue weighted by Crippen LogP contribution is 2.36. The van der Waals surface area contributed by atoms with E-state index in [2.05, 4.69) is 60.5 Å². The average Bonchev–Trinajstić information content (AvgIpc) is 2.46. The van der Waals surface area contributed by atoms with Gasteiger partial charge in [0.2, 0.25) is 0 Å². The fourth-order valence-corrected chi connectivity index (χ4v) is 2.31. The second-order valence-electron chi connectivity index (χ2n) is 4.91. The molecular formula is C15H14F3NO3S. The minimum Gasteiger partial charge on any atom is -0.344 e. The number of para-hydroxylation sites is 2. The first-order valence-electron chi connectivity index (χ1n) is 6.54. The number of benzene rings is 2. The van der Waals surface area contributed by atoms with Gasteiger partial charge in [0.1, 0.15) is 0 Å². The van der Waals surface area contributed by atoms with E-state index in [-0.39, 0.29) is 0 Å². The van der Waals surface area contributed by atoms with Crippen LogP contribution < -0.4 is 4.90 Å². The summed E-state index contributed by atoms with van der Waals surface area (Å²) in [6, 6.07) is 17.2. The Morgan fingerprint density at radius 3 is 1.65 bits per heavy atom. The molecule has 0 atom stereocenters. The Morgan fingerprint density at radius 1 is 0.957 bits per heavy atom. The second kappa shape index (κ2) is 6.21. The lowest BCUT2D eigenvalue weighted by Gasteiger charge is -2.29. The zero-order valence-electron chi connectivity index (χ0n) is 12.1. The molecule has 124 valence electrons. The molecule has 0 aromatic heterocycles. The van der Waals surface area contributed by atoms with E-state index in [1.165, 1.54) is 22.5 Å². The molecule has 0 bridgehead atoms. The number of nitrogens with zero attached hydrogens (tertiary/aromatic N) is 1. The van der Waals surface area contributed by atoms with Gasteiger partial charge in [0.05, 0.1) is 0 Å². The number of fused-ring (bicyclic) bond motifs is 2. The summed E-state index contributed by atoms with van der Waals surface area (Å²) in [5.41, 5.74) is -0.0442. The normalized spacial score (nSPS) is 13.5. The van der Waals surface area contributed by atoms with Gasteiger partial charge in [0, 0.05) is 24.8 Å². The first-order valence-corrected chi connectivity index (χ1v) is 7.98. The summed E-state index contributed by atoms with van der Waals surface area (Å²) >= 11 is 0. The van der Waals surface area contributed by atoms with Crippen LogP contribution in [0.3, 0.4) is 0 Å². The molecule has 8 heteroatoms. The summed E-state index contributed by atoms with van der Waals surface area (Å²) in [6.07, 6.45) is 1.05. The van der Waals surface area contributed by atoms with Crippen LogP contribution >= 0.6 is 0 Å². The van der Waals surface area contributed by atoms with Crippen molar-refractivity contribution in [3.05, 3.63) is 59.7 Å². The molecule has 1 aliphatic rings. The maximum absolute atomic E-state index is 10.7. The van der Waals surface area contributed by atoms with Crippen molar-refractivity contribution in [2.24, 2.45) is 0 Å². The third kappa shape index (κ3) is 3.83. The number of halogens is 3. The van der Waals surface area contributed by atoms with Gasteiger partial charge in [-0.25, -0.2) is 0 Å². The Morgan fingerprint density at radius 2 is 1.30 bits per heavy atom. The van der Waals surface area contributed by atoms with Crippen molar-refractivity contribution >= 4 is 21.5 Å². The van der Waals surface area contributed by atoms with Crippen LogP contribution in [0.25, 0.3) is 0 Å². The highest BCUT2D eigenvalue weighted by Gasteiger charge is 2.44. The van der Waals surface area contributed by atoms with Gasteiger partial charge in [0.15, 0.2) is 0 Å². The van der Waals surface area contributed by atoms with Crippen molar-refractivity contribution < 1.29 is 26.1 Å². The fourth-order valence-electron chi connectivity index (χ4n) is 2.31. The van der Waals surface area contributed by atoms with Gasteiger partial charge in [-0.3, -0.25) is 4.55 Å². The second-order valence-corrected chi connectivity index (χ2v) is 6.33. The molecule has 1 N–H and O–H groups in total. The van der Waals surface area contributed by atoms with E-state index in [9.17, 15) is 13.2 Å². The molecule has 0 radical (unpaired) electrons. The lowest BCUT2D eigenvalue weighted by atomic mass is 9.96. The molecule has 0 fully saturated rings. The molecule has 1 heterocycles. The monoisotopic (exact) mass is 345 g/mol. The first-order chi connectivity index (χ1) is 10.6. The summed E-state index contributed by atoms with van der Waals surface area (Å²) in [4.78, 5) is 2.27. The molecule has 0 spiro atoms. The van der Waals surface area contributed by atoms with Gasteiger partial charge < -0.3 is 4.90 Å². The molecule has 0 saturated heterocycles. The highest BCUT2D eigenvalue weighted by atomic mass is 32.2. The van der Waals surface area contributed by atoms with E-state index in [0.29, 0.717) is 0 Å². The number of rotatable bonds is 0. The number of hydrogen-bond donors (Lipinski definition) is 1. The summed E-state index contributed by atoms with van der Waals surface area (Å²) in [5, 5.41) is 0. The lowest BCUT2D eigenvalue weighted by molar-refractivity contribution is -0.0510. The molecule has 3 rings (SSSR count). The SMILES string of the molecule is CN1c2ccccc2Cc2ccccc21.O=S(=O)(O)C(F)(F)F. The van der Waals surface area contributed by atoms with Gasteiger partial charge in [-0.1, -0.05) is 36.4 Å². The van der Waals surface area contributed by atoms with Crippen molar-refractivity contribution in [3.8, 4) is 0 Å². The van der Waals surface area contributed by atoms with Crippen LogP contribution in [0.5, 0.6) is 0 Å². The van der Waals surface area contributed by atoms with Gasteiger partial charge in [0.25, 0.3) is 0 Å². The fraction of sp³-hybridized carbons (Fsp3) is 0.200. The molecule has 0 saturated carbocycles. The minimum atomic E-state index is -5.84. The van der Waals surface area contributed by atoms with E-state index >= 15 is 0 Å². The van der Waals surface area contributed by atoms with Crippen LogP contribution in [0.4, 0.5) is 24.5 Å². The number of alkyl halides is 3. The van der Waals surface area contributed by atoms with Crippen LogP contribution in [0.1, 0.15) is 11.1 Å². The quantitative estimate of drug-likeness (QED) is 0.584. The Bertz CT molecular complexity index is 758. The molecule has 4 nitrogen and oxygen atoms in total. The number of anilines is 2. The molecule has 0 aliphatic carbocycles.